The number of ether oxygens (including phenoxy) is 1. The van der Waals surface area contributed by atoms with Crippen LogP contribution >= 0.6 is 11.3 Å². The smallest absolute Gasteiger partial charge is 0.257 e. The van der Waals surface area contributed by atoms with Crippen molar-refractivity contribution < 1.29 is 17.9 Å². The van der Waals surface area contributed by atoms with E-state index >= 15 is 0 Å². The number of carbonyl (C=O) groups is 1. The Kier molecular flexibility index (Phi) is 5.79. The Morgan fingerprint density at radius 1 is 1.03 bits per heavy atom. The van der Waals surface area contributed by atoms with Gasteiger partial charge in [-0.2, -0.15) is 4.31 Å². The molecule has 8 nitrogen and oxygen atoms in total. The van der Waals surface area contributed by atoms with Crippen molar-refractivity contribution >= 4 is 42.6 Å². The van der Waals surface area contributed by atoms with Crippen molar-refractivity contribution in [3.63, 3.8) is 0 Å². The number of anilines is 1. The van der Waals surface area contributed by atoms with Crippen LogP contribution in [-0.4, -0.2) is 41.7 Å². The lowest BCUT2D eigenvalue weighted by Crippen LogP contribution is -2.27. The number of hydrogen-bond donors (Lipinski definition) is 1. The van der Waals surface area contributed by atoms with Crippen LogP contribution in [0, 0.1) is 0 Å². The standard InChI is InChI=1S/C23H20N4O4S2/c28-22(16-5-7-17(8-6-16)31-18-4-3-11-24-15-18)26-23-25-20-10-9-19(14-21(20)32-23)33(29,30)27-12-1-2-13-27/h3-11,14-15H,1-2,12-13H2,(H,25,26,28). The Morgan fingerprint density at radius 3 is 2.55 bits per heavy atom. The molecule has 1 N–H and O–H groups in total. The molecule has 0 bridgehead atoms. The number of sulfonamides is 1. The first-order chi connectivity index (χ1) is 16.0. The average molecular weight is 481 g/mol. The third kappa shape index (κ3) is 4.58. The van der Waals surface area contributed by atoms with E-state index in [0.29, 0.717) is 45.5 Å². The molecule has 10 heteroatoms. The number of pyridine rings is 1. The number of rotatable bonds is 6. The number of nitrogens with zero attached hydrogens (tertiary/aromatic N) is 3. The Balaban J connectivity index is 1.30. The molecule has 33 heavy (non-hydrogen) atoms. The molecule has 0 spiro atoms. The van der Waals surface area contributed by atoms with E-state index in [0.717, 1.165) is 12.8 Å². The van der Waals surface area contributed by atoms with Crippen LogP contribution < -0.4 is 10.1 Å². The molecule has 3 heterocycles. The minimum Gasteiger partial charge on any atom is -0.456 e. The van der Waals surface area contributed by atoms with E-state index in [4.69, 9.17) is 4.74 Å². The quantitative estimate of drug-likeness (QED) is 0.435. The second kappa shape index (κ2) is 8.89. The first-order valence-corrected chi connectivity index (χ1v) is 12.6. The summed E-state index contributed by atoms with van der Waals surface area (Å²) in [5, 5.41) is 3.19. The zero-order valence-electron chi connectivity index (χ0n) is 17.5. The van der Waals surface area contributed by atoms with Crippen LogP contribution in [0.5, 0.6) is 11.5 Å². The van der Waals surface area contributed by atoms with Crippen molar-refractivity contribution in [3.05, 3.63) is 72.6 Å². The summed E-state index contributed by atoms with van der Waals surface area (Å²) in [6.07, 6.45) is 5.04. The van der Waals surface area contributed by atoms with Gasteiger partial charge in [0.2, 0.25) is 10.0 Å². The predicted molar refractivity (Wildman–Crippen MR) is 126 cm³/mol. The summed E-state index contributed by atoms with van der Waals surface area (Å²) in [6.45, 7) is 1.10. The topological polar surface area (TPSA) is 101 Å². The van der Waals surface area contributed by atoms with Gasteiger partial charge in [-0.25, -0.2) is 13.4 Å². The van der Waals surface area contributed by atoms with Gasteiger partial charge < -0.3 is 4.74 Å². The maximum Gasteiger partial charge on any atom is 0.257 e. The average Bonchev–Trinajstić information content (AvgIpc) is 3.50. The fraction of sp³-hybridized carbons (Fsp3) is 0.174. The monoisotopic (exact) mass is 480 g/mol. The maximum absolute atomic E-state index is 12.8. The lowest BCUT2D eigenvalue weighted by atomic mass is 10.2. The van der Waals surface area contributed by atoms with Crippen LogP contribution in [0.25, 0.3) is 10.2 Å². The molecule has 2 aromatic carbocycles. The summed E-state index contributed by atoms with van der Waals surface area (Å²) in [4.78, 5) is 21.3. The predicted octanol–water partition coefficient (Wildman–Crippen LogP) is 4.52. The van der Waals surface area contributed by atoms with E-state index in [-0.39, 0.29) is 10.8 Å². The van der Waals surface area contributed by atoms with Gasteiger partial charge in [-0.05, 0) is 67.4 Å². The molecule has 1 fully saturated rings. The molecule has 0 aliphatic carbocycles. The normalized spacial score (nSPS) is 14.4. The fourth-order valence-electron chi connectivity index (χ4n) is 3.58. The van der Waals surface area contributed by atoms with Gasteiger partial charge in [0.1, 0.15) is 11.5 Å². The van der Waals surface area contributed by atoms with Gasteiger partial charge in [0.05, 0.1) is 21.3 Å². The molecule has 4 aromatic rings. The minimum absolute atomic E-state index is 0.252. The molecule has 168 valence electrons. The van der Waals surface area contributed by atoms with Crippen LogP contribution in [0.2, 0.25) is 0 Å². The summed E-state index contributed by atoms with van der Waals surface area (Å²) in [5.74, 6) is 0.883. The summed E-state index contributed by atoms with van der Waals surface area (Å²) in [6, 6.07) is 15.2. The second-order valence-corrected chi connectivity index (χ2v) is 10.5. The van der Waals surface area contributed by atoms with Gasteiger partial charge in [0, 0.05) is 24.8 Å². The Labute approximate surface area is 194 Å². The number of benzene rings is 2. The van der Waals surface area contributed by atoms with Crippen LogP contribution in [0.3, 0.4) is 0 Å². The van der Waals surface area contributed by atoms with Gasteiger partial charge in [-0.15, -0.1) is 0 Å². The highest BCUT2D eigenvalue weighted by Crippen LogP contribution is 2.30. The summed E-state index contributed by atoms with van der Waals surface area (Å²) in [7, 11) is -3.50. The molecule has 1 aliphatic heterocycles. The SMILES string of the molecule is O=C(Nc1nc2ccc(S(=O)(=O)N3CCCC3)cc2s1)c1ccc(Oc2cccnc2)cc1. The zero-order chi connectivity index (χ0) is 22.8. The van der Waals surface area contributed by atoms with E-state index < -0.39 is 10.0 Å². The molecule has 0 saturated carbocycles. The number of carbonyl (C=O) groups excluding carboxylic acids is 1. The lowest BCUT2D eigenvalue weighted by molar-refractivity contribution is 0.102. The van der Waals surface area contributed by atoms with Crippen molar-refractivity contribution in [2.45, 2.75) is 17.7 Å². The van der Waals surface area contributed by atoms with Crippen molar-refractivity contribution in [2.75, 3.05) is 18.4 Å². The van der Waals surface area contributed by atoms with Crippen LogP contribution in [0.1, 0.15) is 23.2 Å². The fourth-order valence-corrected chi connectivity index (χ4v) is 6.10. The third-order valence-electron chi connectivity index (χ3n) is 5.27. The number of aromatic nitrogens is 2. The minimum atomic E-state index is -3.50. The third-order valence-corrected chi connectivity index (χ3v) is 8.10. The Morgan fingerprint density at radius 2 is 1.82 bits per heavy atom. The van der Waals surface area contributed by atoms with Crippen molar-refractivity contribution in [2.24, 2.45) is 0 Å². The highest BCUT2D eigenvalue weighted by molar-refractivity contribution is 7.89. The zero-order valence-corrected chi connectivity index (χ0v) is 19.1. The molecule has 0 atom stereocenters. The number of thiazole rings is 1. The second-order valence-electron chi connectivity index (χ2n) is 7.53. The van der Waals surface area contributed by atoms with Crippen LogP contribution in [0.15, 0.2) is 71.9 Å². The van der Waals surface area contributed by atoms with E-state index in [2.05, 4.69) is 15.3 Å². The summed E-state index contributed by atoms with van der Waals surface area (Å²) < 4.78 is 33.5. The molecule has 1 amide bonds. The maximum atomic E-state index is 12.8. The molecular formula is C23H20N4O4S2. The Bertz CT molecular complexity index is 1400. The van der Waals surface area contributed by atoms with E-state index in [1.807, 2.05) is 0 Å². The van der Waals surface area contributed by atoms with Crippen molar-refractivity contribution in [1.82, 2.24) is 14.3 Å². The lowest BCUT2D eigenvalue weighted by Gasteiger charge is -2.15. The van der Waals surface area contributed by atoms with Crippen molar-refractivity contribution in [1.29, 1.82) is 0 Å². The largest absolute Gasteiger partial charge is 0.456 e. The first kappa shape index (κ1) is 21.5. The molecule has 5 rings (SSSR count). The van der Waals surface area contributed by atoms with Crippen molar-refractivity contribution in [3.8, 4) is 11.5 Å². The van der Waals surface area contributed by atoms with E-state index in [1.165, 1.54) is 15.6 Å². The highest BCUT2D eigenvalue weighted by Gasteiger charge is 2.27. The number of hydrogen-bond acceptors (Lipinski definition) is 7. The number of nitrogens with one attached hydrogen (secondary N) is 1. The highest BCUT2D eigenvalue weighted by atomic mass is 32.2. The van der Waals surface area contributed by atoms with Crippen LogP contribution in [-0.2, 0) is 10.0 Å². The summed E-state index contributed by atoms with van der Waals surface area (Å²) >= 11 is 1.24. The molecule has 0 radical (unpaired) electrons. The van der Waals surface area contributed by atoms with Gasteiger partial charge >= 0.3 is 0 Å². The molecule has 2 aromatic heterocycles. The molecule has 0 unspecified atom stereocenters. The Hall–Kier alpha value is -3.34. The first-order valence-electron chi connectivity index (χ1n) is 10.4. The van der Waals surface area contributed by atoms with Gasteiger partial charge in [-0.1, -0.05) is 11.3 Å². The van der Waals surface area contributed by atoms with Crippen LogP contribution in [0.4, 0.5) is 5.13 Å². The molecule has 1 saturated heterocycles. The number of fused-ring (bicyclic) bond motifs is 1. The summed E-state index contributed by atoms with van der Waals surface area (Å²) in [5.41, 5.74) is 1.08. The van der Waals surface area contributed by atoms with Gasteiger partial charge in [0.15, 0.2) is 5.13 Å². The molecular weight excluding hydrogens is 460 g/mol. The van der Waals surface area contributed by atoms with Gasteiger partial charge in [-0.3, -0.25) is 15.1 Å². The van der Waals surface area contributed by atoms with Gasteiger partial charge in [0.25, 0.3) is 5.91 Å². The number of amides is 1. The molecule has 1 aliphatic rings. The van der Waals surface area contributed by atoms with E-state index in [1.54, 1.807) is 67.0 Å². The van der Waals surface area contributed by atoms with E-state index in [9.17, 15) is 13.2 Å².